The number of anilines is 1. The number of pyridine rings is 1. The molecule has 4 saturated heterocycles. The molecule has 2 aromatic heterocycles. The van der Waals surface area contributed by atoms with Crippen molar-refractivity contribution in [2.75, 3.05) is 57.5 Å². The third-order valence-electron chi connectivity index (χ3n) is 10.7. The van der Waals surface area contributed by atoms with E-state index < -0.39 is 5.82 Å². The first-order valence-electron chi connectivity index (χ1n) is 16.7. The molecule has 5 aliphatic heterocycles. The molecule has 0 aliphatic carbocycles. The Bertz CT molecular complexity index is 1660. The number of halogens is 2. The predicted molar refractivity (Wildman–Crippen MR) is 173 cm³/mol. The fourth-order valence-corrected chi connectivity index (χ4v) is 9.10. The number of aromatic hydroxyl groups is 1. The fraction of sp³-hybridized carbons (Fsp3) is 0.618. The molecule has 246 valence electrons. The van der Waals surface area contributed by atoms with E-state index in [1.165, 1.54) is 12.1 Å². The first-order valence-corrected chi connectivity index (χ1v) is 17.1. The molecule has 7 bridgehead atoms. The van der Waals surface area contributed by atoms with Crippen LogP contribution in [-0.2, 0) is 9.47 Å². The van der Waals surface area contributed by atoms with Crippen molar-refractivity contribution >= 4 is 28.3 Å². The maximum absolute atomic E-state index is 16.8. The number of aromatic nitrogens is 3. The van der Waals surface area contributed by atoms with Crippen LogP contribution in [0.5, 0.6) is 11.8 Å². The van der Waals surface area contributed by atoms with Crippen LogP contribution in [0, 0.1) is 5.82 Å². The quantitative estimate of drug-likeness (QED) is 0.391. The lowest BCUT2D eigenvalue weighted by molar-refractivity contribution is 0.0239. The lowest BCUT2D eigenvalue weighted by atomic mass is 9.94. The van der Waals surface area contributed by atoms with Crippen molar-refractivity contribution in [2.45, 2.75) is 81.5 Å². The van der Waals surface area contributed by atoms with Crippen LogP contribution in [0.15, 0.2) is 18.3 Å². The van der Waals surface area contributed by atoms with Gasteiger partial charge in [0.15, 0.2) is 5.82 Å². The molecule has 0 radical (unpaired) electrons. The molecule has 5 aliphatic rings. The monoisotopic (exact) mass is 652 g/mol. The normalized spacial score (nSPS) is 30.1. The van der Waals surface area contributed by atoms with Crippen LogP contribution >= 0.6 is 11.6 Å². The number of fused-ring (bicyclic) bond motifs is 8. The van der Waals surface area contributed by atoms with Crippen molar-refractivity contribution in [3.63, 3.8) is 0 Å². The van der Waals surface area contributed by atoms with E-state index in [0.29, 0.717) is 60.3 Å². The van der Waals surface area contributed by atoms with Gasteiger partial charge in [-0.15, -0.1) is 0 Å². The molecule has 4 fully saturated rings. The van der Waals surface area contributed by atoms with Crippen LogP contribution in [0.2, 0.25) is 5.02 Å². The molecule has 7 heterocycles. The highest BCUT2D eigenvalue weighted by atomic mass is 35.5. The van der Waals surface area contributed by atoms with E-state index in [2.05, 4.69) is 20.1 Å². The zero-order valence-electron chi connectivity index (χ0n) is 26.5. The standard InChI is InChI=1S/C34H42ClFN6O4/c1-20(2)27-24(11-22(43)12-26(27)35)29-28(36)30-25(14-37-29)31-39-32(38-30)46-19-34-6-3-8-42(34)16-23(13-34)45-10-4-9-44-18-33-7-5-21(40-33)15-41(31)17-33/h11-12,14,20-21,23,40,43H,3-10,13,15-19H2,1-2H3/t21-,23+,33+,34+/m0/s1. The average molecular weight is 653 g/mol. The lowest BCUT2D eigenvalue weighted by Gasteiger charge is -2.42. The van der Waals surface area contributed by atoms with Crippen LogP contribution < -0.4 is 15.0 Å². The fourth-order valence-electron chi connectivity index (χ4n) is 8.66. The molecule has 10 nitrogen and oxygen atoms in total. The highest BCUT2D eigenvalue weighted by molar-refractivity contribution is 6.32. The van der Waals surface area contributed by atoms with Gasteiger partial charge in [0.05, 0.1) is 29.2 Å². The smallest absolute Gasteiger partial charge is 0.319 e. The van der Waals surface area contributed by atoms with Crippen LogP contribution in [-0.4, -0.2) is 101 Å². The summed E-state index contributed by atoms with van der Waals surface area (Å²) in [5, 5.41) is 15.1. The number of hydrogen-bond acceptors (Lipinski definition) is 10. The second kappa shape index (κ2) is 11.7. The van der Waals surface area contributed by atoms with Crippen LogP contribution in [0.25, 0.3) is 22.2 Å². The minimum Gasteiger partial charge on any atom is -0.508 e. The summed E-state index contributed by atoms with van der Waals surface area (Å²) in [7, 11) is 0. The Morgan fingerprint density at radius 2 is 2.02 bits per heavy atom. The molecule has 0 saturated carbocycles. The van der Waals surface area contributed by atoms with Gasteiger partial charge < -0.3 is 29.5 Å². The summed E-state index contributed by atoms with van der Waals surface area (Å²) in [5.74, 6) is -0.0541. The van der Waals surface area contributed by atoms with Crippen molar-refractivity contribution in [1.29, 1.82) is 0 Å². The maximum atomic E-state index is 16.8. The number of phenols is 1. The SMILES string of the molecule is CC(C)c1c(Cl)cc(O)cc1-c1ncc2c3nc(nc2c1F)OC[C@]12CCCN1C[C@@H](C2)OCCCOC[C@@]12CC[C@@H](CN3C1)N2. The van der Waals surface area contributed by atoms with Crippen molar-refractivity contribution < 1.29 is 23.7 Å². The molecule has 0 unspecified atom stereocenters. The van der Waals surface area contributed by atoms with Gasteiger partial charge in [0.2, 0.25) is 0 Å². The van der Waals surface area contributed by atoms with Gasteiger partial charge in [-0.3, -0.25) is 9.88 Å². The molecule has 12 heteroatoms. The Morgan fingerprint density at radius 1 is 1.13 bits per heavy atom. The Balaban J connectivity index is 1.25. The summed E-state index contributed by atoms with van der Waals surface area (Å²) in [6.07, 6.45) is 7.67. The van der Waals surface area contributed by atoms with Crippen molar-refractivity contribution in [1.82, 2.24) is 25.2 Å². The molecular weight excluding hydrogens is 611 g/mol. The number of rotatable bonds is 2. The first-order chi connectivity index (χ1) is 22.2. The minimum absolute atomic E-state index is 0.0292. The van der Waals surface area contributed by atoms with Crippen molar-refractivity contribution in [3.8, 4) is 23.0 Å². The van der Waals surface area contributed by atoms with Gasteiger partial charge in [-0.25, -0.2) is 4.39 Å². The third-order valence-corrected chi connectivity index (χ3v) is 11.0. The van der Waals surface area contributed by atoms with E-state index in [-0.39, 0.29) is 52.1 Å². The minimum atomic E-state index is -0.591. The van der Waals surface area contributed by atoms with Gasteiger partial charge in [0.1, 0.15) is 29.4 Å². The Kier molecular flexibility index (Phi) is 7.76. The van der Waals surface area contributed by atoms with E-state index in [0.717, 1.165) is 58.2 Å². The summed E-state index contributed by atoms with van der Waals surface area (Å²) >= 11 is 6.56. The molecule has 2 spiro atoms. The Labute approximate surface area is 273 Å². The van der Waals surface area contributed by atoms with E-state index >= 15 is 4.39 Å². The molecule has 3 aromatic rings. The topological polar surface area (TPSA) is 105 Å². The number of piperazine rings is 1. The van der Waals surface area contributed by atoms with Gasteiger partial charge in [0.25, 0.3) is 0 Å². The van der Waals surface area contributed by atoms with Crippen molar-refractivity contribution in [2.24, 2.45) is 0 Å². The molecule has 8 rings (SSSR count). The summed E-state index contributed by atoms with van der Waals surface area (Å²) in [6.45, 7) is 9.56. The number of benzene rings is 1. The number of hydrogen-bond donors (Lipinski definition) is 2. The van der Waals surface area contributed by atoms with Crippen molar-refractivity contribution in [3.05, 3.63) is 34.7 Å². The average Bonchev–Trinajstić information content (AvgIpc) is 3.66. The summed E-state index contributed by atoms with van der Waals surface area (Å²) in [5.41, 5.74) is 1.01. The summed E-state index contributed by atoms with van der Waals surface area (Å²) in [6, 6.07) is 3.42. The molecule has 2 N–H and O–H groups in total. The number of phenolic OH excluding ortho intramolecular Hbond substituents is 1. The number of nitrogens with zero attached hydrogens (tertiary/aromatic N) is 5. The summed E-state index contributed by atoms with van der Waals surface area (Å²) in [4.78, 5) is 19.0. The largest absolute Gasteiger partial charge is 0.508 e. The lowest BCUT2D eigenvalue weighted by Crippen LogP contribution is -2.62. The molecule has 1 aromatic carbocycles. The second-order valence-corrected chi connectivity index (χ2v) is 14.7. The zero-order chi connectivity index (χ0) is 31.6. The van der Waals surface area contributed by atoms with Crippen LogP contribution in [0.3, 0.4) is 0 Å². The van der Waals surface area contributed by atoms with E-state index in [4.69, 9.17) is 35.8 Å². The van der Waals surface area contributed by atoms with Crippen LogP contribution in [0.1, 0.15) is 63.9 Å². The number of ether oxygens (including phenoxy) is 3. The van der Waals surface area contributed by atoms with E-state index in [1.807, 2.05) is 13.8 Å². The Morgan fingerprint density at radius 3 is 2.89 bits per heavy atom. The number of nitrogens with one attached hydrogen (secondary N) is 1. The third kappa shape index (κ3) is 5.28. The van der Waals surface area contributed by atoms with Crippen LogP contribution in [0.4, 0.5) is 10.2 Å². The zero-order valence-corrected chi connectivity index (χ0v) is 27.3. The van der Waals surface area contributed by atoms with Gasteiger partial charge in [-0.2, -0.15) is 9.97 Å². The van der Waals surface area contributed by atoms with E-state index in [1.54, 1.807) is 6.20 Å². The molecular formula is C34H42ClFN6O4. The van der Waals surface area contributed by atoms with E-state index in [9.17, 15) is 5.11 Å². The molecule has 0 amide bonds. The highest BCUT2D eigenvalue weighted by Gasteiger charge is 2.50. The van der Waals surface area contributed by atoms with Gasteiger partial charge >= 0.3 is 6.01 Å². The molecule has 4 atom stereocenters. The summed E-state index contributed by atoms with van der Waals surface area (Å²) < 4.78 is 35.9. The van der Waals surface area contributed by atoms with Gasteiger partial charge in [0, 0.05) is 55.7 Å². The predicted octanol–water partition coefficient (Wildman–Crippen LogP) is 5.05. The van der Waals surface area contributed by atoms with Gasteiger partial charge in [-0.1, -0.05) is 25.4 Å². The highest BCUT2D eigenvalue weighted by Crippen LogP contribution is 2.43. The first kappa shape index (κ1) is 30.5. The Hall–Kier alpha value is -2.83. The second-order valence-electron chi connectivity index (χ2n) is 14.3. The maximum Gasteiger partial charge on any atom is 0.319 e. The molecule has 46 heavy (non-hydrogen) atoms. The van der Waals surface area contributed by atoms with Gasteiger partial charge in [-0.05, 0) is 68.7 Å².